The first-order chi connectivity index (χ1) is 10.2. The fourth-order valence-electron chi connectivity index (χ4n) is 2.40. The predicted octanol–water partition coefficient (Wildman–Crippen LogP) is 2.37. The first-order valence-electron chi connectivity index (χ1n) is 6.76. The highest BCUT2D eigenvalue weighted by Gasteiger charge is 2.22. The molecule has 0 aliphatic rings. The molecule has 1 N–H and O–H groups in total. The van der Waals surface area contributed by atoms with Gasteiger partial charge in [0.1, 0.15) is 5.69 Å². The van der Waals surface area contributed by atoms with Crippen LogP contribution in [0, 0.1) is 5.82 Å². The lowest BCUT2D eigenvalue weighted by molar-refractivity contribution is 0.385. The van der Waals surface area contributed by atoms with E-state index in [0.717, 1.165) is 11.3 Å². The molecule has 0 aliphatic heterocycles. The van der Waals surface area contributed by atoms with Crippen LogP contribution in [0.15, 0.2) is 24.4 Å². The van der Waals surface area contributed by atoms with Crippen LogP contribution in [0.2, 0.25) is 0 Å². The molecule has 6 heteroatoms. The van der Waals surface area contributed by atoms with Gasteiger partial charge in [-0.15, -0.1) is 0 Å². The van der Waals surface area contributed by atoms with Crippen molar-refractivity contribution in [3.63, 3.8) is 0 Å². The summed E-state index contributed by atoms with van der Waals surface area (Å²) in [6, 6.07) is 4.69. The van der Waals surface area contributed by atoms with Gasteiger partial charge >= 0.3 is 0 Å². The average molecular weight is 293 g/mol. The maximum Gasteiger partial charge on any atom is 0.165 e. The van der Waals surface area contributed by atoms with Crippen LogP contribution in [0.4, 0.5) is 4.39 Å². The number of nitrogens with zero attached hydrogens (tertiary/aromatic N) is 2. The number of hydrogen-bond acceptors (Lipinski definition) is 4. The van der Waals surface area contributed by atoms with Gasteiger partial charge in [0.25, 0.3) is 0 Å². The number of halogens is 1. The summed E-state index contributed by atoms with van der Waals surface area (Å²) in [5.74, 6) is 0.508. The maximum atomic E-state index is 13.9. The molecule has 0 aliphatic carbocycles. The number of benzene rings is 1. The number of ether oxygens (including phenoxy) is 2. The van der Waals surface area contributed by atoms with E-state index in [-0.39, 0.29) is 11.8 Å². The zero-order chi connectivity index (χ0) is 15.4. The summed E-state index contributed by atoms with van der Waals surface area (Å²) in [4.78, 5) is 0. The van der Waals surface area contributed by atoms with E-state index in [1.807, 2.05) is 24.7 Å². The average Bonchev–Trinajstić information content (AvgIpc) is 2.91. The van der Waals surface area contributed by atoms with Gasteiger partial charge in [-0.05, 0) is 31.7 Å². The van der Waals surface area contributed by atoms with Gasteiger partial charge < -0.3 is 14.8 Å². The van der Waals surface area contributed by atoms with E-state index in [0.29, 0.717) is 12.3 Å². The smallest absolute Gasteiger partial charge is 0.165 e. The molecular formula is C15H20FN3O2. The van der Waals surface area contributed by atoms with Crippen LogP contribution < -0.4 is 14.8 Å². The largest absolute Gasteiger partial charge is 0.494 e. The number of aryl methyl sites for hydroxylation is 1. The van der Waals surface area contributed by atoms with Gasteiger partial charge in [0.05, 0.1) is 26.5 Å². The number of aromatic nitrogens is 2. The normalized spacial score (nSPS) is 12.2. The molecule has 5 nitrogen and oxygen atoms in total. The third kappa shape index (κ3) is 2.85. The lowest BCUT2D eigenvalue weighted by atomic mass is 10.0. The number of nitrogens with one attached hydrogen (secondary N) is 1. The van der Waals surface area contributed by atoms with Crippen molar-refractivity contribution in [1.29, 1.82) is 0 Å². The van der Waals surface area contributed by atoms with Gasteiger partial charge in [-0.2, -0.15) is 5.10 Å². The third-order valence-corrected chi connectivity index (χ3v) is 3.44. The third-order valence-electron chi connectivity index (χ3n) is 3.44. The first-order valence-corrected chi connectivity index (χ1v) is 6.76. The van der Waals surface area contributed by atoms with E-state index in [2.05, 4.69) is 10.4 Å². The second-order valence-corrected chi connectivity index (χ2v) is 4.53. The Kier molecular flexibility index (Phi) is 4.80. The van der Waals surface area contributed by atoms with E-state index >= 15 is 0 Å². The van der Waals surface area contributed by atoms with Crippen LogP contribution in [0.3, 0.4) is 0 Å². The number of hydrogen-bond donors (Lipinski definition) is 1. The Hall–Kier alpha value is -2.08. The summed E-state index contributed by atoms with van der Waals surface area (Å²) in [7, 11) is 4.86. The van der Waals surface area contributed by atoms with E-state index < -0.39 is 5.82 Å². The SMILES string of the molecule is CCn1ncc(OC)c1C(NC)c1ccc(OC)c(F)c1. The summed E-state index contributed by atoms with van der Waals surface area (Å²) < 4.78 is 26.1. The van der Waals surface area contributed by atoms with Crippen LogP contribution in [0.1, 0.15) is 24.2 Å². The Labute approximate surface area is 123 Å². The molecule has 1 heterocycles. The molecule has 2 rings (SSSR count). The van der Waals surface area contributed by atoms with Gasteiger partial charge in [0.2, 0.25) is 0 Å². The molecule has 0 bridgehead atoms. The molecule has 1 unspecified atom stereocenters. The fraction of sp³-hybridized carbons (Fsp3) is 0.400. The predicted molar refractivity (Wildman–Crippen MR) is 78.3 cm³/mol. The van der Waals surface area contributed by atoms with Crippen molar-refractivity contribution < 1.29 is 13.9 Å². The lowest BCUT2D eigenvalue weighted by Crippen LogP contribution is -2.22. The number of methoxy groups -OCH3 is 2. The molecule has 0 radical (unpaired) electrons. The van der Waals surface area contributed by atoms with Gasteiger partial charge in [-0.1, -0.05) is 6.07 Å². The van der Waals surface area contributed by atoms with Crippen LogP contribution in [0.25, 0.3) is 0 Å². The second kappa shape index (κ2) is 6.58. The zero-order valence-electron chi connectivity index (χ0n) is 12.7. The van der Waals surface area contributed by atoms with Gasteiger partial charge in [0, 0.05) is 6.54 Å². The molecule has 1 aromatic carbocycles. The Balaban J connectivity index is 2.49. The van der Waals surface area contributed by atoms with Gasteiger partial charge in [-0.3, -0.25) is 4.68 Å². The summed E-state index contributed by atoms with van der Waals surface area (Å²) in [5.41, 5.74) is 1.65. The van der Waals surface area contributed by atoms with Crippen LogP contribution in [-0.2, 0) is 6.54 Å². The van der Waals surface area contributed by atoms with Crippen molar-refractivity contribution in [3.05, 3.63) is 41.5 Å². The molecule has 114 valence electrons. The van der Waals surface area contributed by atoms with Gasteiger partial charge in [0.15, 0.2) is 17.3 Å². The summed E-state index contributed by atoms with van der Waals surface area (Å²) in [5, 5.41) is 7.48. The monoisotopic (exact) mass is 293 g/mol. The van der Waals surface area contributed by atoms with Crippen molar-refractivity contribution in [1.82, 2.24) is 15.1 Å². The second-order valence-electron chi connectivity index (χ2n) is 4.53. The first kappa shape index (κ1) is 15.3. The molecular weight excluding hydrogens is 273 g/mol. The minimum absolute atomic E-state index is 0.220. The molecule has 0 saturated heterocycles. The molecule has 2 aromatic rings. The molecule has 1 atom stereocenters. The summed E-state index contributed by atoms with van der Waals surface area (Å²) >= 11 is 0. The lowest BCUT2D eigenvalue weighted by Gasteiger charge is -2.20. The van der Waals surface area contributed by atoms with Crippen molar-refractivity contribution >= 4 is 0 Å². The van der Waals surface area contributed by atoms with E-state index in [9.17, 15) is 4.39 Å². The molecule has 21 heavy (non-hydrogen) atoms. The van der Waals surface area contributed by atoms with E-state index in [1.165, 1.54) is 13.2 Å². The summed E-state index contributed by atoms with van der Waals surface area (Å²) in [6.45, 7) is 2.70. The molecule has 0 saturated carbocycles. The Bertz CT molecular complexity index is 591. The highest BCUT2D eigenvalue weighted by atomic mass is 19.1. The quantitative estimate of drug-likeness (QED) is 0.888. The highest BCUT2D eigenvalue weighted by Crippen LogP contribution is 2.31. The molecule has 1 aromatic heterocycles. The van der Waals surface area contributed by atoms with Crippen LogP contribution in [0.5, 0.6) is 11.5 Å². The van der Waals surface area contributed by atoms with Crippen molar-refractivity contribution in [2.45, 2.75) is 19.5 Å². The van der Waals surface area contributed by atoms with E-state index in [1.54, 1.807) is 19.4 Å². The van der Waals surface area contributed by atoms with Crippen LogP contribution >= 0.6 is 0 Å². The standard InChI is InChI=1S/C15H20FN3O2/c1-5-19-15(13(21-4)9-18-19)14(17-2)10-6-7-12(20-3)11(16)8-10/h6-9,14,17H,5H2,1-4H3. The minimum Gasteiger partial charge on any atom is -0.494 e. The topological polar surface area (TPSA) is 48.3 Å². The molecule has 0 amide bonds. The molecule has 0 spiro atoms. The Morgan fingerprint density at radius 1 is 1.29 bits per heavy atom. The van der Waals surface area contributed by atoms with Gasteiger partial charge in [-0.25, -0.2) is 4.39 Å². The maximum absolute atomic E-state index is 13.9. The highest BCUT2D eigenvalue weighted by molar-refractivity contribution is 5.39. The van der Waals surface area contributed by atoms with Crippen LogP contribution in [-0.4, -0.2) is 31.0 Å². The molecule has 0 fully saturated rings. The van der Waals surface area contributed by atoms with Crippen molar-refractivity contribution in [3.8, 4) is 11.5 Å². The number of rotatable bonds is 6. The zero-order valence-corrected chi connectivity index (χ0v) is 12.7. The van der Waals surface area contributed by atoms with E-state index in [4.69, 9.17) is 9.47 Å². The fourth-order valence-corrected chi connectivity index (χ4v) is 2.40. The minimum atomic E-state index is -0.392. The van der Waals surface area contributed by atoms with Crippen molar-refractivity contribution in [2.24, 2.45) is 0 Å². The Morgan fingerprint density at radius 3 is 2.52 bits per heavy atom. The summed E-state index contributed by atoms with van der Waals surface area (Å²) in [6.07, 6.45) is 1.67. The van der Waals surface area contributed by atoms with Crippen molar-refractivity contribution in [2.75, 3.05) is 21.3 Å². The Morgan fingerprint density at radius 2 is 2.00 bits per heavy atom.